The number of carbonyl (C=O) groups excluding carboxylic acids is 1. The van der Waals surface area contributed by atoms with Crippen molar-refractivity contribution in [1.82, 2.24) is 20.1 Å². The van der Waals surface area contributed by atoms with Crippen LogP contribution < -0.4 is 5.32 Å². The van der Waals surface area contributed by atoms with Crippen molar-refractivity contribution in [3.05, 3.63) is 71.5 Å². The SMILES string of the molecule is O=C(CSc1nncn1-c1cccc(Cl)c1)NCC#Cc1ccccc1. The summed E-state index contributed by atoms with van der Waals surface area (Å²) in [6.07, 6.45) is 1.59. The molecule has 1 heterocycles. The zero-order valence-corrected chi connectivity index (χ0v) is 15.3. The van der Waals surface area contributed by atoms with Crippen molar-refractivity contribution in [3.63, 3.8) is 0 Å². The first-order chi connectivity index (χ1) is 12.7. The fraction of sp³-hybridized carbons (Fsp3) is 0.105. The van der Waals surface area contributed by atoms with Gasteiger partial charge in [0.25, 0.3) is 0 Å². The van der Waals surface area contributed by atoms with Crippen LogP contribution in [0.25, 0.3) is 5.69 Å². The second-order valence-corrected chi connectivity index (χ2v) is 6.58. The van der Waals surface area contributed by atoms with Gasteiger partial charge in [-0.2, -0.15) is 0 Å². The van der Waals surface area contributed by atoms with E-state index in [1.165, 1.54) is 11.8 Å². The molecule has 2 aromatic carbocycles. The number of hydrogen-bond donors (Lipinski definition) is 1. The van der Waals surface area contributed by atoms with Gasteiger partial charge in [0, 0.05) is 10.6 Å². The number of rotatable bonds is 5. The van der Waals surface area contributed by atoms with E-state index in [-0.39, 0.29) is 11.7 Å². The third-order valence-corrected chi connectivity index (χ3v) is 4.49. The molecule has 0 fully saturated rings. The number of carbonyl (C=O) groups is 1. The van der Waals surface area contributed by atoms with E-state index in [1.54, 1.807) is 17.0 Å². The Kier molecular flexibility index (Phi) is 6.31. The van der Waals surface area contributed by atoms with Crippen molar-refractivity contribution in [2.45, 2.75) is 5.16 Å². The van der Waals surface area contributed by atoms with Gasteiger partial charge in [-0.1, -0.05) is 59.5 Å². The lowest BCUT2D eigenvalue weighted by Gasteiger charge is -2.06. The van der Waals surface area contributed by atoms with Crippen LogP contribution in [-0.2, 0) is 4.79 Å². The summed E-state index contributed by atoms with van der Waals surface area (Å²) in [7, 11) is 0. The van der Waals surface area contributed by atoms with Crippen LogP contribution in [0.2, 0.25) is 5.02 Å². The van der Waals surface area contributed by atoms with E-state index in [0.29, 0.717) is 16.7 Å². The lowest BCUT2D eigenvalue weighted by Crippen LogP contribution is -2.25. The van der Waals surface area contributed by atoms with Crippen LogP contribution in [0, 0.1) is 11.8 Å². The van der Waals surface area contributed by atoms with Crippen molar-refractivity contribution >= 4 is 29.3 Å². The molecule has 0 unspecified atom stereocenters. The van der Waals surface area contributed by atoms with E-state index in [9.17, 15) is 4.79 Å². The standard InChI is InChI=1S/C19H15ClN4OS/c20-16-9-4-10-17(12-16)24-14-22-23-19(24)26-13-18(25)21-11-5-8-15-6-2-1-3-7-15/h1-4,6-7,9-10,12,14H,11,13H2,(H,21,25). The van der Waals surface area contributed by atoms with Crippen molar-refractivity contribution in [2.24, 2.45) is 0 Å². The molecule has 0 aliphatic carbocycles. The number of nitrogens with zero attached hydrogens (tertiary/aromatic N) is 3. The molecule has 1 aromatic heterocycles. The van der Waals surface area contributed by atoms with Gasteiger partial charge in [-0.05, 0) is 30.3 Å². The number of amides is 1. The van der Waals surface area contributed by atoms with Gasteiger partial charge in [-0.3, -0.25) is 9.36 Å². The second-order valence-electron chi connectivity index (χ2n) is 5.20. The highest BCUT2D eigenvalue weighted by atomic mass is 35.5. The summed E-state index contributed by atoms with van der Waals surface area (Å²) in [4.78, 5) is 12.0. The van der Waals surface area contributed by atoms with Gasteiger partial charge < -0.3 is 5.32 Å². The minimum atomic E-state index is -0.113. The molecule has 0 radical (unpaired) electrons. The van der Waals surface area contributed by atoms with Crippen molar-refractivity contribution in [3.8, 4) is 17.5 Å². The molecule has 1 N–H and O–H groups in total. The highest BCUT2D eigenvalue weighted by Crippen LogP contribution is 2.21. The van der Waals surface area contributed by atoms with E-state index in [2.05, 4.69) is 27.4 Å². The summed E-state index contributed by atoms with van der Waals surface area (Å²) in [6.45, 7) is 0.301. The molecule has 26 heavy (non-hydrogen) atoms. The van der Waals surface area contributed by atoms with Gasteiger partial charge in [0.2, 0.25) is 5.91 Å². The van der Waals surface area contributed by atoms with Crippen LogP contribution in [0.3, 0.4) is 0 Å². The van der Waals surface area contributed by atoms with Crippen LogP contribution in [0.15, 0.2) is 66.1 Å². The molecule has 0 aliphatic rings. The topological polar surface area (TPSA) is 59.8 Å². The Labute approximate surface area is 160 Å². The number of hydrogen-bond acceptors (Lipinski definition) is 4. The van der Waals surface area contributed by atoms with Gasteiger partial charge in [0.15, 0.2) is 5.16 Å². The summed E-state index contributed by atoms with van der Waals surface area (Å²) >= 11 is 7.32. The molecular formula is C19H15ClN4OS. The zero-order valence-electron chi connectivity index (χ0n) is 13.7. The van der Waals surface area contributed by atoms with Crippen LogP contribution in [0.4, 0.5) is 0 Å². The van der Waals surface area contributed by atoms with Gasteiger partial charge in [0.05, 0.1) is 18.0 Å². The Balaban J connectivity index is 1.51. The first-order valence-corrected chi connectivity index (χ1v) is 9.18. The minimum Gasteiger partial charge on any atom is -0.344 e. The molecule has 0 aliphatic heterocycles. The smallest absolute Gasteiger partial charge is 0.231 e. The third-order valence-electron chi connectivity index (χ3n) is 3.32. The summed E-state index contributed by atoms with van der Waals surface area (Å²) in [5, 5.41) is 12.0. The number of nitrogens with one attached hydrogen (secondary N) is 1. The Morgan fingerprint density at radius 2 is 2.04 bits per heavy atom. The predicted molar refractivity (Wildman–Crippen MR) is 103 cm³/mol. The summed E-state index contributed by atoms with van der Waals surface area (Å²) in [5.74, 6) is 6.04. The van der Waals surface area contributed by atoms with E-state index in [1.807, 2.05) is 48.5 Å². The van der Waals surface area contributed by atoms with Crippen molar-refractivity contribution in [1.29, 1.82) is 0 Å². The Morgan fingerprint density at radius 3 is 2.85 bits per heavy atom. The molecule has 0 saturated carbocycles. The summed E-state index contributed by atoms with van der Waals surface area (Å²) in [6, 6.07) is 17.0. The normalized spacial score (nSPS) is 10.0. The maximum atomic E-state index is 12.0. The van der Waals surface area contributed by atoms with Gasteiger partial charge in [0.1, 0.15) is 6.33 Å². The molecule has 7 heteroatoms. The maximum Gasteiger partial charge on any atom is 0.231 e. The van der Waals surface area contributed by atoms with Gasteiger partial charge in [-0.15, -0.1) is 10.2 Å². The fourth-order valence-electron chi connectivity index (χ4n) is 2.12. The fourth-order valence-corrected chi connectivity index (χ4v) is 3.06. The molecule has 3 rings (SSSR count). The lowest BCUT2D eigenvalue weighted by atomic mass is 10.2. The molecule has 0 bridgehead atoms. The first-order valence-electron chi connectivity index (χ1n) is 7.82. The molecule has 0 spiro atoms. The van der Waals surface area contributed by atoms with E-state index < -0.39 is 0 Å². The van der Waals surface area contributed by atoms with E-state index >= 15 is 0 Å². The quantitative estimate of drug-likeness (QED) is 0.544. The zero-order chi connectivity index (χ0) is 18.2. The summed E-state index contributed by atoms with van der Waals surface area (Å²) in [5.41, 5.74) is 1.77. The number of aromatic nitrogens is 3. The largest absolute Gasteiger partial charge is 0.344 e. The van der Waals surface area contributed by atoms with Crippen LogP contribution in [0.1, 0.15) is 5.56 Å². The van der Waals surface area contributed by atoms with Crippen molar-refractivity contribution in [2.75, 3.05) is 12.3 Å². The highest BCUT2D eigenvalue weighted by Gasteiger charge is 2.10. The molecule has 130 valence electrons. The number of thioether (sulfide) groups is 1. The third kappa shape index (κ3) is 5.12. The predicted octanol–water partition coefficient (Wildman–Crippen LogP) is 3.18. The van der Waals surface area contributed by atoms with Gasteiger partial charge >= 0.3 is 0 Å². The number of halogens is 1. The molecular weight excluding hydrogens is 368 g/mol. The Hall–Kier alpha value is -2.75. The molecule has 0 atom stereocenters. The average Bonchev–Trinajstić information content (AvgIpc) is 3.13. The van der Waals surface area contributed by atoms with Crippen LogP contribution in [0.5, 0.6) is 0 Å². The number of benzene rings is 2. The average molecular weight is 383 g/mol. The van der Waals surface area contributed by atoms with Crippen LogP contribution >= 0.6 is 23.4 Å². The first kappa shape index (κ1) is 18.1. The second kappa shape index (κ2) is 9.09. The maximum absolute atomic E-state index is 12.0. The molecule has 5 nitrogen and oxygen atoms in total. The molecule has 1 amide bonds. The highest BCUT2D eigenvalue weighted by molar-refractivity contribution is 7.99. The monoisotopic (exact) mass is 382 g/mol. The summed E-state index contributed by atoms with van der Waals surface area (Å²) < 4.78 is 1.79. The van der Waals surface area contributed by atoms with Gasteiger partial charge in [-0.25, -0.2) is 0 Å². The van der Waals surface area contributed by atoms with Crippen molar-refractivity contribution < 1.29 is 4.79 Å². The molecule has 3 aromatic rings. The Bertz CT molecular complexity index is 947. The lowest BCUT2D eigenvalue weighted by molar-refractivity contribution is -0.118. The minimum absolute atomic E-state index is 0.113. The van der Waals surface area contributed by atoms with E-state index in [0.717, 1.165) is 11.3 Å². The Morgan fingerprint density at radius 1 is 1.19 bits per heavy atom. The van der Waals surface area contributed by atoms with E-state index in [4.69, 9.17) is 11.6 Å². The van der Waals surface area contributed by atoms with Crippen LogP contribution in [-0.4, -0.2) is 33.0 Å². The molecule has 0 saturated heterocycles.